The van der Waals surface area contributed by atoms with Crippen LogP contribution in [-0.2, 0) is 10.0 Å². The van der Waals surface area contributed by atoms with Crippen LogP contribution in [-0.4, -0.2) is 15.5 Å². The summed E-state index contributed by atoms with van der Waals surface area (Å²) in [4.78, 5) is 0.0485. The van der Waals surface area contributed by atoms with Gasteiger partial charge in [0.05, 0.1) is 17.3 Å². The van der Waals surface area contributed by atoms with Crippen molar-refractivity contribution in [3.05, 3.63) is 48.0 Å². The lowest BCUT2D eigenvalue weighted by atomic mass is 10.2. The van der Waals surface area contributed by atoms with Crippen LogP contribution in [0.3, 0.4) is 0 Å². The van der Waals surface area contributed by atoms with Gasteiger partial charge in [-0.05, 0) is 43.4 Å². The second-order valence-corrected chi connectivity index (χ2v) is 6.14. The second-order valence-electron chi connectivity index (χ2n) is 4.28. The van der Waals surface area contributed by atoms with Gasteiger partial charge in [-0.25, -0.2) is 13.1 Å². The largest absolute Gasteiger partial charge is 0.399 e. The molecule has 7 heteroatoms. The Kier molecular flexibility index (Phi) is 4.12. The van der Waals surface area contributed by atoms with E-state index in [-0.39, 0.29) is 4.90 Å². The third-order valence-corrected chi connectivity index (χ3v) is 4.29. The predicted molar refractivity (Wildman–Crippen MR) is 81.5 cm³/mol. The summed E-state index contributed by atoms with van der Waals surface area (Å²) in [5.74, 6) is 0. The summed E-state index contributed by atoms with van der Waals surface area (Å²) in [5.41, 5.74) is 7.48. The topological polar surface area (TPSA) is 108 Å². The maximum absolute atomic E-state index is 12.0. The molecule has 0 aromatic heterocycles. The quantitative estimate of drug-likeness (QED) is 0.746. The first kappa shape index (κ1) is 14.8. The van der Waals surface area contributed by atoms with Crippen LogP contribution in [0, 0.1) is 11.3 Å². The molecule has 0 aliphatic rings. The maximum atomic E-state index is 12.0. The lowest BCUT2D eigenvalue weighted by Gasteiger charge is -2.13. The Hall–Kier alpha value is -2.56. The minimum absolute atomic E-state index is 0.0485. The standard InChI is InChI=1S/C14H14N4O2S/c1-17-21(19,20)14-8-11(16)5-6-13(14)18-12-4-2-3-10(7-12)9-15/h2-8,17-18H,16H2,1H3. The third-order valence-electron chi connectivity index (χ3n) is 2.83. The van der Waals surface area contributed by atoms with E-state index in [0.717, 1.165) is 0 Å². The van der Waals surface area contributed by atoms with Crippen molar-refractivity contribution in [3.63, 3.8) is 0 Å². The SMILES string of the molecule is CNS(=O)(=O)c1cc(N)ccc1Nc1cccc(C#N)c1. The van der Waals surface area contributed by atoms with Crippen LogP contribution >= 0.6 is 0 Å². The zero-order valence-electron chi connectivity index (χ0n) is 11.3. The van der Waals surface area contributed by atoms with Gasteiger partial charge in [0.2, 0.25) is 10.0 Å². The number of nitrogens with zero attached hydrogens (tertiary/aromatic N) is 1. The number of nitrogens with one attached hydrogen (secondary N) is 2. The zero-order chi connectivity index (χ0) is 15.5. The Bertz CT molecular complexity index is 810. The lowest BCUT2D eigenvalue weighted by molar-refractivity contribution is 0.588. The molecular weight excluding hydrogens is 288 g/mol. The Morgan fingerprint density at radius 1 is 1.19 bits per heavy atom. The molecule has 0 aliphatic carbocycles. The highest BCUT2D eigenvalue weighted by Gasteiger charge is 2.17. The van der Waals surface area contributed by atoms with E-state index in [4.69, 9.17) is 11.0 Å². The molecule has 2 rings (SSSR count). The first-order valence-corrected chi connectivity index (χ1v) is 7.55. The Labute approximate surface area is 123 Å². The zero-order valence-corrected chi connectivity index (χ0v) is 12.1. The van der Waals surface area contributed by atoms with Gasteiger partial charge in [0, 0.05) is 11.4 Å². The van der Waals surface area contributed by atoms with Crippen molar-refractivity contribution in [1.29, 1.82) is 5.26 Å². The van der Waals surface area contributed by atoms with Crippen molar-refractivity contribution in [2.75, 3.05) is 18.1 Å². The van der Waals surface area contributed by atoms with E-state index < -0.39 is 10.0 Å². The summed E-state index contributed by atoms with van der Waals surface area (Å²) in [6, 6.07) is 13.3. The molecule has 0 heterocycles. The molecule has 0 fully saturated rings. The van der Waals surface area contributed by atoms with Gasteiger partial charge in [-0.3, -0.25) is 0 Å². The highest BCUT2D eigenvalue weighted by molar-refractivity contribution is 7.89. The van der Waals surface area contributed by atoms with E-state index in [0.29, 0.717) is 22.6 Å². The molecule has 0 bridgehead atoms. The van der Waals surface area contributed by atoms with Crippen molar-refractivity contribution in [2.45, 2.75) is 4.90 Å². The highest BCUT2D eigenvalue weighted by Crippen LogP contribution is 2.27. The van der Waals surface area contributed by atoms with Gasteiger partial charge in [-0.1, -0.05) is 6.07 Å². The first-order valence-electron chi connectivity index (χ1n) is 6.06. The van der Waals surface area contributed by atoms with Gasteiger partial charge in [0.15, 0.2) is 0 Å². The van der Waals surface area contributed by atoms with Crippen LogP contribution in [0.1, 0.15) is 5.56 Å². The molecule has 6 nitrogen and oxygen atoms in total. The van der Waals surface area contributed by atoms with Gasteiger partial charge < -0.3 is 11.1 Å². The minimum Gasteiger partial charge on any atom is -0.399 e. The fraction of sp³-hybridized carbons (Fsp3) is 0.0714. The fourth-order valence-electron chi connectivity index (χ4n) is 1.80. The Balaban J connectivity index is 2.47. The average Bonchev–Trinajstić information content (AvgIpc) is 2.49. The Morgan fingerprint density at radius 3 is 2.62 bits per heavy atom. The first-order chi connectivity index (χ1) is 9.96. The number of anilines is 3. The normalized spacial score (nSPS) is 10.9. The van der Waals surface area contributed by atoms with E-state index in [1.807, 2.05) is 6.07 Å². The summed E-state index contributed by atoms with van der Waals surface area (Å²) in [6.45, 7) is 0. The van der Waals surface area contributed by atoms with E-state index >= 15 is 0 Å². The van der Waals surface area contributed by atoms with Gasteiger partial charge >= 0.3 is 0 Å². The van der Waals surface area contributed by atoms with Gasteiger partial charge in [0.1, 0.15) is 4.90 Å². The molecule has 0 saturated heterocycles. The van der Waals surface area contributed by atoms with Crippen LogP contribution < -0.4 is 15.8 Å². The number of rotatable bonds is 4. The van der Waals surface area contributed by atoms with Crippen molar-refractivity contribution in [1.82, 2.24) is 4.72 Å². The Morgan fingerprint density at radius 2 is 1.95 bits per heavy atom. The van der Waals surface area contributed by atoms with E-state index in [1.165, 1.54) is 13.1 Å². The number of hydrogen-bond acceptors (Lipinski definition) is 5. The number of benzene rings is 2. The smallest absolute Gasteiger partial charge is 0.242 e. The van der Waals surface area contributed by atoms with Crippen LogP contribution in [0.5, 0.6) is 0 Å². The summed E-state index contributed by atoms with van der Waals surface area (Å²) < 4.78 is 26.3. The molecule has 0 aliphatic heterocycles. The number of nitrogen functional groups attached to an aromatic ring is 1. The van der Waals surface area contributed by atoms with E-state index in [1.54, 1.807) is 36.4 Å². The van der Waals surface area contributed by atoms with Crippen LogP contribution in [0.4, 0.5) is 17.1 Å². The monoisotopic (exact) mass is 302 g/mol. The van der Waals surface area contributed by atoms with E-state index in [9.17, 15) is 8.42 Å². The molecule has 4 N–H and O–H groups in total. The summed E-state index contributed by atoms with van der Waals surface area (Å²) in [5, 5.41) is 11.9. The van der Waals surface area contributed by atoms with Gasteiger partial charge in [0.25, 0.3) is 0 Å². The molecule has 108 valence electrons. The van der Waals surface area contributed by atoms with E-state index in [2.05, 4.69) is 10.0 Å². The van der Waals surface area contributed by atoms with Crippen molar-refractivity contribution < 1.29 is 8.42 Å². The molecule has 0 amide bonds. The number of nitrogens with two attached hydrogens (primary N) is 1. The van der Waals surface area contributed by atoms with Crippen molar-refractivity contribution in [3.8, 4) is 6.07 Å². The summed E-state index contributed by atoms with van der Waals surface area (Å²) in [6.07, 6.45) is 0. The van der Waals surface area contributed by atoms with Gasteiger partial charge in [-0.15, -0.1) is 0 Å². The highest BCUT2D eigenvalue weighted by atomic mass is 32.2. The molecular formula is C14H14N4O2S. The minimum atomic E-state index is -3.64. The van der Waals surface area contributed by atoms with Crippen molar-refractivity contribution >= 4 is 27.1 Å². The average molecular weight is 302 g/mol. The second kappa shape index (κ2) is 5.83. The number of hydrogen-bond donors (Lipinski definition) is 3. The van der Waals surface area contributed by atoms with Crippen LogP contribution in [0.15, 0.2) is 47.4 Å². The van der Waals surface area contributed by atoms with Crippen molar-refractivity contribution in [2.24, 2.45) is 0 Å². The lowest BCUT2D eigenvalue weighted by Crippen LogP contribution is -2.20. The number of nitriles is 1. The maximum Gasteiger partial charge on any atom is 0.242 e. The van der Waals surface area contributed by atoms with Crippen LogP contribution in [0.2, 0.25) is 0 Å². The number of sulfonamides is 1. The summed E-state index contributed by atoms with van der Waals surface area (Å²) >= 11 is 0. The summed E-state index contributed by atoms with van der Waals surface area (Å²) in [7, 11) is -2.31. The molecule has 0 atom stereocenters. The molecule has 0 radical (unpaired) electrons. The fourth-order valence-corrected chi connectivity index (χ4v) is 2.72. The molecule has 0 unspecified atom stereocenters. The molecule has 2 aromatic rings. The molecule has 21 heavy (non-hydrogen) atoms. The molecule has 0 spiro atoms. The van der Waals surface area contributed by atoms with Crippen LogP contribution in [0.25, 0.3) is 0 Å². The van der Waals surface area contributed by atoms with Gasteiger partial charge in [-0.2, -0.15) is 5.26 Å². The molecule has 0 saturated carbocycles. The predicted octanol–water partition coefficient (Wildman–Crippen LogP) is 1.79. The molecule has 2 aromatic carbocycles. The third kappa shape index (κ3) is 3.31.